The molecule has 0 aromatic carbocycles. The van der Waals surface area contributed by atoms with E-state index in [1.165, 1.54) is 0 Å². The number of carbonyl (C=O) groups excluding carboxylic acids is 1. The maximum absolute atomic E-state index is 12.2. The lowest BCUT2D eigenvalue weighted by Crippen LogP contribution is -2.52. The van der Waals surface area contributed by atoms with Crippen LogP contribution in [0.4, 0.5) is 0 Å². The number of ether oxygens (including phenoxy) is 1. The second-order valence-electron chi connectivity index (χ2n) is 5.10. The minimum Gasteiger partial charge on any atom is -0.488 e. The summed E-state index contributed by atoms with van der Waals surface area (Å²) in [6, 6.07) is 0. The Hall–Kier alpha value is -0.840. The number of hydrogen-bond donors (Lipinski definition) is 0. The summed E-state index contributed by atoms with van der Waals surface area (Å²) in [5, 5.41) is 0. The van der Waals surface area contributed by atoms with Gasteiger partial charge in [0, 0.05) is 29.6 Å². The molecule has 4 nitrogen and oxygen atoms in total. The van der Waals surface area contributed by atoms with Gasteiger partial charge in [0.15, 0.2) is 5.76 Å². The van der Waals surface area contributed by atoms with Crippen molar-refractivity contribution in [3.05, 3.63) is 11.8 Å². The van der Waals surface area contributed by atoms with Crippen LogP contribution in [0.2, 0.25) is 0 Å². The molecule has 17 heavy (non-hydrogen) atoms. The molecule has 0 aromatic heterocycles. The Morgan fingerprint density at radius 2 is 2.29 bits per heavy atom. The maximum atomic E-state index is 12.2. The van der Waals surface area contributed by atoms with Crippen LogP contribution in [-0.4, -0.2) is 45.2 Å². The van der Waals surface area contributed by atoms with E-state index in [0.717, 1.165) is 12.8 Å². The third-order valence-electron chi connectivity index (χ3n) is 3.17. The Kier molecular flexibility index (Phi) is 3.56. The zero-order chi connectivity index (χ0) is 12.5. The summed E-state index contributed by atoms with van der Waals surface area (Å²) < 4.78 is 16.9. The van der Waals surface area contributed by atoms with E-state index in [1.54, 1.807) is 4.90 Å². The van der Waals surface area contributed by atoms with Gasteiger partial charge in [-0.3, -0.25) is 9.00 Å². The number of allylic oxidation sites excluding steroid dienone is 1. The Labute approximate surface area is 104 Å². The normalized spacial score (nSPS) is 28.2. The second-order valence-corrected chi connectivity index (χ2v) is 7.30. The smallest absolute Gasteiger partial charge is 0.288 e. The molecule has 0 saturated carbocycles. The van der Waals surface area contributed by atoms with Crippen molar-refractivity contribution in [2.75, 3.05) is 25.4 Å². The number of rotatable bonds is 1. The van der Waals surface area contributed by atoms with Gasteiger partial charge in [-0.25, -0.2) is 0 Å². The largest absolute Gasteiger partial charge is 0.488 e. The van der Waals surface area contributed by atoms with Gasteiger partial charge in [0.05, 0.1) is 11.4 Å². The molecule has 1 fully saturated rings. The summed E-state index contributed by atoms with van der Waals surface area (Å²) in [5.74, 6) is 0.987. The fourth-order valence-electron chi connectivity index (χ4n) is 2.12. The van der Waals surface area contributed by atoms with Crippen LogP contribution in [0.15, 0.2) is 11.8 Å². The molecule has 2 aliphatic rings. The lowest BCUT2D eigenvalue weighted by molar-refractivity contribution is -0.131. The lowest BCUT2D eigenvalue weighted by atomic mass is 10.1. The van der Waals surface area contributed by atoms with Crippen molar-refractivity contribution in [3.63, 3.8) is 0 Å². The van der Waals surface area contributed by atoms with Gasteiger partial charge in [0.25, 0.3) is 5.91 Å². The standard InChI is InChI=1S/C12H19NO3S/c1-12(2)9-13(6-8-17(12)15)11(14)10-5-3-4-7-16-10/h5H,3-4,6-9H2,1-2H3/t17-/m0/s1. The highest BCUT2D eigenvalue weighted by atomic mass is 32.2. The van der Waals surface area contributed by atoms with Crippen LogP contribution in [0.25, 0.3) is 0 Å². The molecule has 2 rings (SSSR count). The van der Waals surface area contributed by atoms with E-state index in [9.17, 15) is 9.00 Å². The number of amides is 1. The van der Waals surface area contributed by atoms with Gasteiger partial charge in [0.1, 0.15) is 0 Å². The number of nitrogens with zero attached hydrogens (tertiary/aromatic N) is 1. The van der Waals surface area contributed by atoms with Crippen molar-refractivity contribution in [1.29, 1.82) is 0 Å². The van der Waals surface area contributed by atoms with Crippen molar-refractivity contribution in [2.24, 2.45) is 0 Å². The van der Waals surface area contributed by atoms with Gasteiger partial charge in [-0.2, -0.15) is 0 Å². The maximum Gasteiger partial charge on any atom is 0.288 e. The summed E-state index contributed by atoms with van der Waals surface area (Å²) in [4.78, 5) is 13.9. The van der Waals surface area contributed by atoms with E-state index in [0.29, 0.717) is 31.2 Å². The molecule has 1 amide bonds. The van der Waals surface area contributed by atoms with E-state index in [2.05, 4.69) is 0 Å². The minimum atomic E-state index is -0.847. The highest BCUT2D eigenvalue weighted by Crippen LogP contribution is 2.22. The first-order valence-electron chi connectivity index (χ1n) is 6.01. The zero-order valence-corrected chi connectivity index (χ0v) is 11.2. The molecule has 0 unspecified atom stereocenters. The van der Waals surface area contributed by atoms with E-state index >= 15 is 0 Å². The molecule has 2 aliphatic heterocycles. The Bertz CT molecular complexity index is 376. The van der Waals surface area contributed by atoms with E-state index in [1.807, 2.05) is 19.9 Å². The molecule has 0 aromatic rings. The Balaban J connectivity index is 2.06. The lowest BCUT2D eigenvalue weighted by Gasteiger charge is -2.37. The Morgan fingerprint density at radius 3 is 2.88 bits per heavy atom. The molecular formula is C12H19NO3S. The van der Waals surface area contributed by atoms with Gasteiger partial charge in [-0.05, 0) is 32.8 Å². The third-order valence-corrected chi connectivity index (χ3v) is 5.08. The quantitative estimate of drug-likeness (QED) is 0.705. The molecule has 1 atom stereocenters. The van der Waals surface area contributed by atoms with Crippen LogP contribution in [0, 0.1) is 0 Å². The third kappa shape index (κ3) is 2.70. The molecule has 0 N–H and O–H groups in total. The molecule has 0 spiro atoms. The molecule has 5 heteroatoms. The fourth-order valence-corrected chi connectivity index (χ4v) is 3.35. The summed E-state index contributed by atoms with van der Waals surface area (Å²) in [6.45, 7) is 5.62. The second kappa shape index (κ2) is 4.80. The van der Waals surface area contributed by atoms with Gasteiger partial charge in [0.2, 0.25) is 0 Å². The number of hydrogen-bond acceptors (Lipinski definition) is 3. The van der Waals surface area contributed by atoms with Crippen molar-refractivity contribution in [1.82, 2.24) is 4.90 Å². The van der Waals surface area contributed by atoms with Gasteiger partial charge in [-0.15, -0.1) is 0 Å². The summed E-state index contributed by atoms with van der Waals surface area (Å²) >= 11 is 0. The van der Waals surface area contributed by atoms with Crippen LogP contribution in [0.3, 0.4) is 0 Å². The van der Waals surface area contributed by atoms with Crippen molar-refractivity contribution < 1.29 is 13.7 Å². The van der Waals surface area contributed by atoms with Crippen molar-refractivity contribution >= 4 is 16.7 Å². The fraction of sp³-hybridized carbons (Fsp3) is 0.750. The van der Waals surface area contributed by atoms with Crippen LogP contribution in [0.1, 0.15) is 26.7 Å². The summed E-state index contributed by atoms with van der Waals surface area (Å²) in [5.41, 5.74) is 0. The van der Waals surface area contributed by atoms with Crippen molar-refractivity contribution in [3.8, 4) is 0 Å². The zero-order valence-electron chi connectivity index (χ0n) is 10.4. The highest BCUT2D eigenvalue weighted by Gasteiger charge is 2.36. The molecule has 96 valence electrons. The first kappa shape index (κ1) is 12.6. The Morgan fingerprint density at radius 1 is 1.53 bits per heavy atom. The molecule has 0 aliphatic carbocycles. The van der Waals surface area contributed by atoms with Crippen LogP contribution in [-0.2, 0) is 20.3 Å². The van der Waals surface area contributed by atoms with E-state index < -0.39 is 10.8 Å². The first-order valence-corrected chi connectivity index (χ1v) is 7.33. The molecule has 1 saturated heterocycles. The average molecular weight is 257 g/mol. The molecular weight excluding hydrogens is 238 g/mol. The average Bonchev–Trinajstić information content (AvgIpc) is 2.33. The number of carbonyl (C=O) groups is 1. The van der Waals surface area contributed by atoms with Gasteiger partial charge in [-0.1, -0.05) is 0 Å². The molecule has 0 radical (unpaired) electrons. The van der Waals surface area contributed by atoms with Crippen LogP contribution >= 0.6 is 0 Å². The van der Waals surface area contributed by atoms with E-state index in [4.69, 9.17) is 4.74 Å². The summed E-state index contributed by atoms with van der Waals surface area (Å²) in [7, 11) is -0.847. The van der Waals surface area contributed by atoms with Gasteiger partial charge < -0.3 is 9.64 Å². The van der Waals surface area contributed by atoms with Crippen molar-refractivity contribution in [2.45, 2.75) is 31.4 Å². The SMILES string of the molecule is CC1(C)CN(C(=O)C2=CCCCO2)CC[S@@]1=O. The topological polar surface area (TPSA) is 46.6 Å². The minimum absolute atomic E-state index is 0.0468. The van der Waals surface area contributed by atoms with E-state index in [-0.39, 0.29) is 10.7 Å². The monoisotopic (exact) mass is 257 g/mol. The predicted octanol–water partition coefficient (Wildman–Crippen LogP) is 1.05. The van der Waals surface area contributed by atoms with Crippen LogP contribution < -0.4 is 0 Å². The first-order chi connectivity index (χ1) is 8.00. The predicted molar refractivity (Wildman–Crippen MR) is 66.9 cm³/mol. The summed E-state index contributed by atoms with van der Waals surface area (Å²) in [6.07, 6.45) is 3.75. The highest BCUT2D eigenvalue weighted by molar-refractivity contribution is 7.86. The molecule has 2 heterocycles. The van der Waals surface area contributed by atoms with Crippen LogP contribution in [0.5, 0.6) is 0 Å². The van der Waals surface area contributed by atoms with Gasteiger partial charge >= 0.3 is 0 Å². The molecule has 0 bridgehead atoms.